The molecule has 1 aromatic carbocycles. The molecular weight excluding hydrogens is 270 g/mol. The maximum atomic E-state index is 11.0. The van der Waals surface area contributed by atoms with Crippen molar-refractivity contribution in [1.29, 1.82) is 0 Å². The molecule has 0 radical (unpaired) electrons. The fourth-order valence-electron chi connectivity index (χ4n) is 2.36. The Labute approximate surface area is 126 Å². The van der Waals surface area contributed by atoms with Gasteiger partial charge in [-0.25, -0.2) is 0 Å². The zero-order chi connectivity index (χ0) is 16.0. The quantitative estimate of drug-likeness (QED) is 0.634. The van der Waals surface area contributed by atoms with E-state index < -0.39 is 4.92 Å². The molecule has 118 valence electrons. The average molecular weight is 295 g/mol. The SMILES string of the molecule is CC.COc1cc(N2CCN(C)CC2)c(C)cc1[N+](=O)[O-]. The topological polar surface area (TPSA) is 58.8 Å². The molecule has 0 amide bonds. The summed E-state index contributed by atoms with van der Waals surface area (Å²) in [5.41, 5.74) is 1.96. The zero-order valence-electron chi connectivity index (χ0n) is 13.5. The van der Waals surface area contributed by atoms with Crippen molar-refractivity contribution >= 4 is 11.4 Å². The number of nitro benzene ring substituents is 1. The number of anilines is 1. The molecule has 1 aliphatic rings. The van der Waals surface area contributed by atoms with Crippen molar-refractivity contribution in [1.82, 2.24) is 4.90 Å². The molecule has 1 saturated heterocycles. The summed E-state index contributed by atoms with van der Waals surface area (Å²) in [5, 5.41) is 11.0. The first-order valence-corrected chi connectivity index (χ1v) is 7.29. The zero-order valence-corrected chi connectivity index (χ0v) is 13.5. The number of piperazine rings is 1. The first-order chi connectivity index (χ1) is 10.0. The molecule has 6 nitrogen and oxygen atoms in total. The number of nitrogens with zero attached hydrogens (tertiary/aromatic N) is 3. The third kappa shape index (κ3) is 4.07. The first-order valence-electron chi connectivity index (χ1n) is 7.29. The van der Waals surface area contributed by atoms with Gasteiger partial charge in [0.25, 0.3) is 0 Å². The summed E-state index contributed by atoms with van der Waals surface area (Å²) in [6, 6.07) is 3.37. The number of rotatable bonds is 3. The van der Waals surface area contributed by atoms with Gasteiger partial charge in [-0.15, -0.1) is 0 Å². The van der Waals surface area contributed by atoms with E-state index in [9.17, 15) is 10.1 Å². The summed E-state index contributed by atoms with van der Waals surface area (Å²) in [7, 11) is 3.56. The second-order valence-corrected chi connectivity index (χ2v) is 4.86. The van der Waals surface area contributed by atoms with Crippen molar-refractivity contribution in [3.05, 3.63) is 27.8 Å². The Bertz CT molecular complexity index is 483. The monoisotopic (exact) mass is 295 g/mol. The number of hydrogen-bond donors (Lipinski definition) is 0. The molecule has 1 aliphatic heterocycles. The predicted octanol–water partition coefficient (Wildman–Crippen LogP) is 2.69. The minimum atomic E-state index is -0.403. The lowest BCUT2D eigenvalue weighted by Crippen LogP contribution is -2.44. The predicted molar refractivity (Wildman–Crippen MR) is 85.4 cm³/mol. The molecule has 0 aromatic heterocycles. The van der Waals surface area contributed by atoms with Crippen LogP contribution in [0.3, 0.4) is 0 Å². The van der Waals surface area contributed by atoms with Crippen molar-refractivity contribution in [2.45, 2.75) is 20.8 Å². The molecular formula is C15H25N3O3. The second-order valence-electron chi connectivity index (χ2n) is 4.86. The van der Waals surface area contributed by atoms with Crippen LogP contribution in [0.5, 0.6) is 5.75 Å². The molecule has 0 unspecified atom stereocenters. The Morgan fingerprint density at radius 1 is 1.19 bits per heavy atom. The van der Waals surface area contributed by atoms with E-state index in [-0.39, 0.29) is 5.69 Å². The number of aryl methyl sites for hydroxylation is 1. The molecule has 1 fully saturated rings. The number of nitro groups is 1. The molecule has 0 N–H and O–H groups in total. The molecule has 2 rings (SSSR count). The summed E-state index contributed by atoms with van der Waals surface area (Å²) in [6.45, 7) is 9.76. The molecule has 0 saturated carbocycles. The van der Waals surface area contributed by atoms with E-state index >= 15 is 0 Å². The average Bonchev–Trinajstić information content (AvgIpc) is 2.50. The largest absolute Gasteiger partial charge is 0.490 e. The van der Waals surface area contributed by atoms with Crippen molar-refractivity contribution in [3.63, 3.8) is 0 Å². The van der Waals surface area contributed by atoms with Gasteiger partial charge in [0.05, 0.1) is 12.0 Å². The van der Waals surface area contributed by atoms with Crippen LogP contribution in [0.25, 0.3) is 0 Å². The molecule has 0 atom stereocenters. The fourth-order valence-corrected chi connectivity index (χ4v) is 2.36. The molecule has 6 heteroatoms. The van der Waals surface area contributed by atoms with E-state index in [4.69, 9.17) is 4.74 Å². The first kappa shape index (κ1) is 17.2. The van der Waals surface area contributed by atoms with E-state index in [0.717, 1.165) is 37.4 Å². The van der Waals surface area contributed by atoms with Gasteiger partial charge in [0.2, 0.25) is 0 Å². The lowest BCUT2D eigenvalue weighted by Gasteiger charge is -2.35. The normalized spacial score (nSPS) is 15.2. The minimum Gasteiger partial charge on any atom is -0.490 e. The van der Waals surface area contributed by atoms with E-state index in [1.54, 1.807) is 12.1 Å². The maximum Gasteiger partial charge on any atom is 0.311 e. The van der Waals surface area contributed by atoms with Gasteiger partial charge in [0.15, 0.2) is 5.75 Å². The Balaban J connectivity index is 0.00000106. The van der Waals surface area contributed by atoms with Gasteiger partial charge >= 0.3 is 5.69 Å². The molecule has 1 aromatic rings. The minimum absolute atomic E-state index is 0.0258. The fraction of sp³-hybridized carbons (Fsp3) is 0.600. The molecule has 0 bridgehead atoms. The summed E-state index contributed by atoms with van der Waals surface area (Å²) in [5.74, 6) is 0.324. The smallest absolute Gasteiger partial charge is 0.311 e. The van der Waals surface area contributed by atoms with E-state index in [2.05, 4.69) is 16.8 Å². The summed E-state index contributed by atoms with van der Waals surface area (Å²) in [6.07, 6.45) is 0. The second kappa shape index (κ2) is 7.83. The molecule has 0 spiro atoms. The van der Waals surface area contributed by atoms with Gasteiger partial charge in [-0.1, -0.05) is 13.8 Å². The Morgan fingerprint density at radius 3 is 2.24 bits per heavy atom. The van der Waals surface area contributed by atoms with Crippen molar-refractivity contribution < 1.29 is 9.66 Å². The number of methoxy groups -OCH3 is 1. The van der Waals surface area contributed by atoms with Gasteiger partial charge in [-0.3, -0.25) is 10.1 Å². The van der Waals surface area contributed by atoms with Gasteiger partial charge in [0, 0.05) is 44.0 Å². The lowest BCUT2D eigenvalue weighted by atomic mass is 10.1. The van der Waals surface area contributed by atoms with Crippen LogP contribution < -0.4 is 9.64 Å². The highest BCUT2D eigenvalue weighted by atomic mass is 16.6. The third-order valence-electron chi connectivity index (χ3n) is 3.54. The lowest BCUT2D eigenvalue weighted by molar-refractivity contribution is -0.385. The third-order valence-corrected chi connectivity index (χ3v) is 3.54. The van der Waals surface area contributed by atoms with Gasteiger partial charge < -0.3 is 14.5 Å². The molecule has 21 heavy (non-hydrogen) atoms. The number of hydrogen-bond acceptors (Lipinski definition) is 5. The Morgan fingerprint density at radius 2 is 1.76 bits per heavy atom. The van der Waals surface area contributed by atoms with Crippen LogP contribution >= 0.6 is 0 Å². The van der Waals surface area contributed by atoms with E-state index in [1.165, 1.54) is 7.11 Å². The van der Waals surface area contributed by atoms with Crippen LogP contribution in [-0.4, -0.2) is 50.2 Å². The maximum absolute atomic E-state index is 11.0. The Kier molecular flexibility index (Phi) is 6.42. The highest BCUT2D eigenvalue weighted by Gasteiger charge is 2.22. The van der Waals surface area contributed by atoms with Crippen LogP contribution in [0.15, 0.2) is 12.1 Å². The van der Waals surface area contributed by atoms with Crippen molar-refractivity contribution in [2.24, 2.45) is 0 Å². The highest BCUT2D eigenvalue weighted by Crippen LogP contribution is 2.34. The molecule has 0 aliphatic carbocycles. The highest BCUT2D eigenvalue weighted by molar-refractivity contribution is 5.64. The summed E-state index contributed by atoms with van der Waals surface area (Å²) in [4.78, 5) is 15.1. The standard InChI is InChI=1S/C13H19N3O3.C2H6/c1-10-8-12(16(17)18)13(19-3)9-11(10)15-6-4-14(2)5-7-15;1-2/h8-9H,4-7H2,1-3H3;1-2H3. The molecule has 1 heterocycles. The van der Waals surface area contributed by atoms with Crippen LogP contribution in [-0.2, 0) is 0 Å². The number of benzene rings is 1. The van der Waals surface area contributed by atoms with Crippen LogP contribution in [0.2, 0.25) is 0 Å². The number of ether oxygens (including phenoxy) is 1. The van der Waals surface area contributed by atoms with E-state index in [1.807, 2.05) is 20.8 Å². The summed E-state index contributed by atoms with van der Waals surface area (Å²) < 4.78 is 5.14. The van der Waals surface area contributed by atoms with Gasteiger partial charge in [-0.2, -0.15) is 0 Å². The number of likely N-dealkylation sites (N-methyl/N-ethyl adjacent to an activating group) is 1. The van der Waals surface area contributed by atoms with Crippen LogP contribution in [0.1, 0.15) is 19.4 Å². The summed E-state index contributed by atoms with van der Waals surface area (Å²) >= 11 is 0. The van der Waals surface area contributed by atoms with E-state index in [0.29, 0.717) is 5.75 Å². The van der Waals surface area contributed by atoms with Gasteiger partial charge in [-0.05, 0) is 19.5 Å². The van der Waals surface area contributed by atoms with Crippen LogP contribution in [0, 0.1) is 17.0 Å². The van der Waals surface area contributed by atoms with Crippen molar-refractivity contribution in [2.75, 3.05) is 45.2 Å². The van der Waals surface area contributed by atoms with Crippen molar-refractivity contribution in [3.8, 4) is 5.75 Å². The van der Waals surface area contributed by atoms with Gasteiger partial charge in [0.1, 0.15) is 0 Å². The van der Waals surface area contributed by atoms with Crippen LogP contribution in [0.4, 0.5) is 11.4 Å². The Hall–Kier alpha value is -1.82.